The van der Waals surface area contributed by atoms with Crippen LogP contribution in [0.5, 0.6) is 11.5 Å². The first-order valence-electron chi connectivity index (χ1n) is 10.4. The molecule has 34 heavy (non-hydrogen) atoms. The largest absolute Gasteiger partial charge is 0.493 e. The summed E-state index contributed by atoms with van der Waals surface area (Å²) in [6.07, 6.45) is 0. The number of nitrogens with two attached hydrogens (primary N) is 1. The second-order valence-corrected chi connectivity index (χ2v) is 9.68. The van der Waals surface area contributed by atoms with Gasteiger partial charge in [0.05, 0.1) is 16.9 Å². The third-order valence-electron chi connectivity index (χ3n) is 5.35. The van der Waals surface area contributed by atoms with Crippen LogP contribution >= 0.6 is 0 Å². The molecule has 2 aromatic carbocycles. The number of nitrogens with one attached hydrogen (secondary N) is 1. The molecule has 0 spiro atoms. The van der Waals surface area contributed by atoms with Gasteiger partial charge in [0.25, 0.3) is 11.6 Å². The SMILES string of the molecule is COc1cc(CNc2ccc(S(=O)(=O)N3CCN(C)CC3)cc2[N+](=O)[O-])ccc1OCC(N)=O. The number of hydrogen-bond donors (Lipinski definition) is 2. The van der Waals surface area contributed by atoms with Gasteiger partial charge in [0.15, 0.2) is 18.1 Å². The zero-order valence-electron chi connectivity index (χ0n) is 18.9. The highest BCUT2D eigenvalue weighted by Crippen LogP contribution is 2.31. The number of anilines is 1. The topological polar surface area (TPSA) is 157 Å². The van der Waals surface area contributed by atoms with E-state index in [0.29, 0.717) is 43.2 Å². The minimum Gasteiger partial charge on any atom is -0.493 e. The normalized spacial score (nSPS) is 15.0. The summed E-state index contributed by atoms with van der Waals surface area (Å²) >= 11 is 0. The quantitative estimate of drug-likeness (QED) is 0.364. The molecule has 0 atom stereocenters. The fraction of sp³-hybridized carbons (Fsp3) is 0.381. The molecule has 0 bridgehead atoms. The maximum atomic E-state index is 13.0. The molecule has 3 rings (SSSR count). The number of carbonyl (C=O) groups is 1. The predicted molar refractivity (Wildman–Crippen MR) is 124 cm³/mol. The lowest BCUT2D eigenvalue weighted by Gasteiger charge is -2.31. The van der Waals surface area contributed by atoms with Crippen molar-refractivity contribution >= 4 is 27.3 Å². The summed E-state index contributed by atoms with van der Waals surface area (Å²) in [5, 5.41) is 14.6. The Morgan fingerprint density at radius 3 is 2.47 bits per heavy atom. The average Bonchev–Trinajstić information content (AvgIpc) is 2.81. The number of amides is 1. The highest BCUT2D eigenvalue weighted by atomic mass is 32.2. The summed E-state index contributed by atoms with van der Waals surface area (Å²) in [4.78, 5) is 23.9. The number of benzene rings is 2. The van der Waals surface area contributed by atoms with Gasteiger partial charge in [-0.15, -0.1) is 0 Å². The molecule has 12 nitrogen and oxygen atoms in total. The highest BCUT2D eigenvalue weighted by molar-refractivity contribution is 7.89. The van der Waals surface area contributed by atoms with Crippen LogP contribution in [0.1, 0.15) is 5.56 Å². The minimum absolute atomic E-state index is 0.119. The Kier molecular flexibility index (Phi) is 7.91. The van der Waals surface area contributed by atoms with Gasteiger partial charge in [-0.2, -0.15) is 4.31 Å². The number of nitro groups is 1. The van der Waals surface area contributed by atoms with Crippen molar-refractivity contribution in [2.75, 3.05) is 52.3 Å². The van der Waals surface area contributed by atoms with Crippen LogP contribution in [0.15, 0.2) is 41.3 Å². The Bertz CT molecular complexity index is 1160. The number of carbonyl (C=O) groups excluding carboxylic acids is 1. The first kappa shape index (κ1) is 25.2. The van der Waals surface area contributed by atoms with E-state index in [1.807, 2.05) is 11.9 Å². The van der Waals surface area contributed by atoms with Crippen molar-refractivity contribution in [3.63, 3.8) is 0 Å². The van der Waals surface area contributed by atoms with Crippen LogP contribution in [-0.2, 0) is 21.4 Å². The van der Waals surface area contributed by atoms with E-state index in [0.717, 1.165) is 6.07 Å². The monoisotopic (exact) mass is 493 g/mol. The molecule has 2 aromatic rings. The molecular weight excluding hydrogens is 466 g/mol. The van der Waals surface area contributed by atoms with E-state index in [1.165, 1.54) is 23.5 Å². The van der Waals surface area contributed by atoms with E-state index in [-0.39, 0.29) is 29.4 Å². The van der Waals surface area contributed by atoms with Crippen molar-refractivity contribution in [1.29, 1.82) is 0 Å². The minimum atomic E-state index is -3.84. The zero-order valence-corrected chi connectivity index (χ0v) is 19.7. The second kappa shape index (κ2) is 10.7. The van der Waals surface area contributed by atoms with Crippen LogP contribution in [-0.4, -0.2) is 75.4 Å². The number of nitro benzene ring substituents is 1. The molecule has 13 heteroatoms. The smallest absolute Gasteiger partial charge is 0.293 e. The Morgan fingerprint density at radius 1 is 1.15 bits per heavy atom. The van der Waals surface area contributed by atoms with Crippen LogP contribution in [0.3, 0.4) is 0 Å². The van der Waals surface area contributed by atoms with Gasteiger partial charge in [-0.3, -0.25) is 14.9 Å². The molecule has 0 aromatic heterocycles. The third-order valence-corrected chi connectivity index (χ3v) is 7.24. The number of ether oxygens (including phenoxy) is 2. The second-order valence-electron chi connectivity index (χ2n) is 7.74. The van der Waals surface area contributed by atoms with Crippen LogP contribution in [0.4, 0.5) is 11.4 Å². The van der Waals surface area contributed by atoms with Crippen LogP contribution in [0.2, 0.25) is 0 Å². The third kappa shape index (κ3) is 5.92. The Labute approximate surface area is 197 Å². The van der Waals surface area contributed by atoms with Crippen LogP contribution in [0, 0.1) is 10.1 Å². The van der Waals surface area contributed by atoms with E-state index in [4.69, 9.17) is 15.2 Å². The van der Waals surface area contributed by atoms with Crippen LogP contribution in [0.25, 0.3) is 0 Å². The van der Waals surface area contributed by atoms with E-state index in [1.54, 1.807) is 18.2 Å². The predicted octanol–water partition coefficient (Wildman–Crippen LogP) is 1.02. The Morgan fingerprint density at radius 2 is 1.85 bits per heavy atom. The van der Waals surface area contributed by atoms with Gasteiger partial charge < -0.3 is 25.4 Å². The summed E-state index contributed by atoms with van der Waals surface area (Å²) in [7, 11) is -0.492. The fourth-order valence-corrected chi connectivity index (χ4v) is 4.88. The van der Waals surface area contributed by atoms with Gasteiger partial charge in [-0.05, 0) is 36.9 Å². The number of sulfonamides is 1. The standard InChI is InChI=1S/C21H27N5O7S/c1-24-7-9-25(10-8-24)34(30,31)16-4-5-17(18(12-16)26(28)29)23-13-15-3-6-19(20(11-15)32-2)33-14-21(22)27/h3-6,11-12,23H,7-10,13-14H2,1-2H3,(H2,22,27). The highest BCUT2D eigenvalue weighted by Gasteiger charge is 2.29. The lowest BCUT2D eigenvalue weighted by Crippen LogP contribution is -2.47. The molecule has 3 N–H and O–H groups in total. The van der Waals surface area contributed by atoms with E-state index < -0.39 is 20.9 Å². The van der Waals surface area contributed by atoms with Crippen molar-refractivity contribution in [2.24, 2.45) is 5.73 Å². The number of primary amides is 1. The van der Waals surface area contributed by atoms with E-state index >= 15 is 0 Å². The summed E-state index contributed by atoms with van der Waals surface area (Å²) in [6, 6.07) is 8.79. The van der Waals surface area contributed by atoms with E-state index in [9.17, 15) is 23.3 Å². The summed E-state index contributed by atoms with van der Waals surface area (Å²) in [5.74, 6) is 0.0661. The van der Waals surface area contributed by atoms with Gasteiger partial charge in [0, 0.05) is 38.8 Å². The molecule has 1 amide bonds. The lowest BCUT2D eigenvalue weighted by molar-refractivity contribution is -0.384. The van der Waals surface area contributed by atoms with Crippen LogP contribution < -0.4 is 20.5 Å². The number of hydrogen-bond acceptors (Lipinski definition) is 9. The lowest BCUT2D eigenvalue weighted by atomic mass is 10.2. The molecule has 184 valence electrons. The Balaban J connectivity index is 1.78. The molecular formula is C21H27N5O7S. The number of methoxy groups -OCH3 is 1. The van der Waals surface area contributed by atoms with E-state index in [2.05, 4.69) is 5.32 Å². The summed E-state index contributed by atoms with van der Waals surface area (Å²) in [6.45, 7) is 1.73. The summed E-state index contributed by atoms with van der Waals surface area (Å²) in [5.41, 5.74) is 5.63. The average molecular weight is 494 g/mol. The summed E-state index contributed by atoms with van der Waals surface area (Å²) < 4.78 is 37.8. The molecule has 1 aliphatic rings. The van der Waals surface area contributed by atoms with Gasteiger partial charge in [-0.25, -0.2) is 8.42 Å². The molecule has 1 fully saturated rings. The fourth-order valence-electron chi connectivity index (χ4n) is 3.44. The molecule has 0 radical (unpaired) electrons. The number of rotatable bonds is 10. The molecule has 0 unspecified atom stereocenters. The van der Waals surface area contributed by atoms with Crippen molar-refractivity contribution < 1.29 is 27.6 Å². The number of likely N-dealkylation sites (N-methyl/N-ethyl adjacent to an activating group) is 1. The zero-order chi connectivity index (χ0) is 24.9. The molecule has 0 saturated carbocycles. The molecule has 1 heterocycles. The molecule has 0 aliphatic carbocycles. The number of nitrogens with zero attached hydrogens (tertiary/aromatic N) is 3. The Hall–Kier alpha value is -3.42. The first-order valence-corrected chi connectivity index (χ1v) is 11.8. The van der Waals surface area contributed by atoms with Gasteiger partial charge in [0.1, 0.15) is 5.69 Å². The van der Waals surface area contributed by atoms with Gasteiger partial charge in [-0.1, -0.05) is 6.07 Å². The van der Waals surface area contributed by atoms with Crippen molar-refractivity contribution in [2.45, 2.75) is 11.4 Å². The van der Waals surface area contributed by atoms with Gasteiger partial charge in [0.2, 0.25) is 10.0 Å². The maximum Gasteiger partial charge on any atom is 0.293 e. The van der Waals surface area contributed by atoms with Gasteiger partial charge >= 0.3 is 0 Å². The maximum absolute atomic E-state index is 13.0. The van der Waals surface area contributed by atoms with Crippen molar-refractivity contribution in [3.05, 3.63) is 52.1 Å². The first-order chi connectivity index (χ1) is 16.1. The molecule has 1 saturated heterocycles. The van der Waals surface area contributed by atoms with Crippen molar-refractivity contribution in [1.82, 2.24) is 9.21 Å². The number of piperazine rings is 1. The molecule has 1 aliphatic heterocycles. The van der Waals surface area contributed by atoms with Crippen molar-refractivity contribution in [3.8, 4) is 11.5 Å².